The summed E-state index contributed by atoms with van der Waals surface area (Å²) in [5.41, 5.74) is 4.60. The smallest absolute Gasteiger partial charge is 0.235 e. The summed E-state index contributed by atoms with van der Waals surface area (Å²) in [4.78, 5) is 44.1. The highest BCUT2D eigenvalue weighted by Crippen LogP contribution is 2.50. The molecule has 5 rings (SSSR count). The average molecular weight is 431 g/mol. The fraction of sp³-hybridized carbons (Fsp3) is 0.346. The van der Waals surface area contributed by atoms with Gasteiger partial charge in [-0.25, -0.2) is 0 Å². The van der Waals surface area contributed by atoms with Crippen LogP contribution in [0, 0.1) is 18.8 Å². The summed E-state index contributed by atoms with van der Waals surface area (Å²) in [6.45, 7) is 4.47. The molecule has 0 bridgehead atoms. The van der Waals surface area contributed by atoms with Gasteiger partial charge in [-0.1, -0.05) is 54.1 Å². The molecule has 3 aliphatic heterocycles. The van der Waals surface area contributed by atoms with E-state index in [-0.39, 0.29) is 36.8 Å². The van der Waals surface area contributed by atoms with Gasteiger partial charge in [-0.15, -0.1) is 0 Å². The number of ether oxygens (including phenoxy) is 1. The van der Waals surface area contributed by atoms with Crippen molar-refractivity contribution in [1.29, 1.82) is 0 Å². The van der Waals surface area contributed by atoms with Crippen molar-refractivity contribution < 1.29 is 19.1 Å². The summed E-state index contributed by atoms with van der Waals surface area (Å²) < 4.78 is 5.11. The van der Waals surface area contributed by atoms with Gasteiger partial charge in [-0.2, -0.15) is 0 Å². The van der Waals surface area contributed by atoms with Crippen molar-refractivity contribution in [3.63, 3.8) is 0 Å². The summed E-state index contributed by atoms with van der Waals surface area (Å²) in [6.07, 6.45) is 2.05. The Kier molecular flexibility index (Phi) is 4.97. The molecule has 32 heavy (non-hydrogen) atoms. The largest absolute Gasteiger partial charge is 0.383 e. The zero-order valence-electron chi connectivity index (χ0n) is 18.4. The van der Waals surface area contributed by atoms with Crippen molar-refractivity contribution in [2.45, 2.75) is 25.9 Å². The minimum Gasteiger partial charge on any atom is -0.383 e. The molecule has 0 aliphatic carbocycles. The summed E-state index contributed by atoms with van der Waals surface area (Å²) in [7, 11) is 1.54. The number of carbonyl (C=O) groups is 3. The zero-order valence-corrected chi connectivity index (χ0v) is 18.4. The normalized spacial score (nSPS) is 26.0. The van der Waals surface area contributed by atoms with E-state index in [0.29, 0.717) is 5.56 Å². The van der Waals surface area contributed by atoms with E-state index < -0.39 is 17.9 Å². The van der Waals surface area contributed by atoms with Gasteiger partial charge in [0.05, 0.1) is 31.0 Å². The molecule has 2 fully saturated rings. The lowest BCUT2D eigenvalue weighted by atomic mass is 9.85. The summed E-state index contributed by atoms with van der Waals surface area (Å²) in [6, 6.07) is 14.2. The number of carbonyl (C=O) groups excluding carboxylic acids is 3. The second-order valence-corrected chi connectivity index (χ2v) is 8.81. The van der Waals surface area contributed by atoms with Crippen molar-refractivity contribution >= 4 is 28.9 Å². The lowest BCUT2D eigenvalue weighted by molar-refractivity contribution is -0.141. The number of aryl methyl sites for hydroxylation is 1. The molecule has 3 heterocycles. The number of nitrogens with zero attached hydrogens (tertiary/aromatic N) is 2. The van der Waals surface area contributed by atoms with E-state index in [9.17, 15) is 14.4 Å². The Balaban J connectivity index is 1.64. The highest BCUT2D eigenvalue weighted by Gasteiger charge is 2.64. The molecule has 4 atom stereocenters. The molecule has 6 nitrogen and oxygen atoms in total. The van der Waals surface area contributed by atoms with Gasteiger partial charge in [0, 0.05) is 23.9 Å². The second kappa shape index (κ2) is 7.71. The van der Waals surface area contributed by atoms with E-state index in [1.165, 1.54) is 4.90 Å². The predicted molar refractivity (Wildman–Crippen MR) is 121 cm³/mol. The first-order valence-corrected chi connectivity index (χ1v) is 10.9. The molecule has 6 heteroatoms. The number of benzene rings is 2. The molecule has 0 unspecified atom stereocenters. The average Bonchev–Trinajstić information content (AvgIpc) is 3.25. The molecule has 0 saturated carbocycles. The monoisotopic (exact) mass is 430 g/mol. The number of allylic oxidation sites excluding steroid dienone is 1. The highest BCUT2D eigenvalue weighted by atomic mass is 16.5. The molecule has 164 valence electrons. The van der Waals surface area contributed by atoms with Crippen molar-refractivity contribution in [3.8, 4) is 0 Å². The van der Waals surface area contributed by atoms with E-state index in [1.807, 2.05) is 61.2 Å². The molecule has 2 saturated heterocycles. The van der Waals surface area contributed by atoms with Crippen LogP contribution < -0.4 is 4.90 Å². The number of imide groups is 1. The number of methoxy groups -OCH3 is 1. The van der Waals surface area contributed by atoms with Crippen molar-refractivity contribution in [2.75, 3.05) is 25.2 Å². The Bertz CT molecular complexity index is 1140. The van der Waals surface area contributed by atoms with E-state index >= 15 is 0 Å². The number of amides is 2. The standard InChI is InChI=1S/C26H26N2O4/c1-15-8-10-17(11-9-15)24(29)23-22-21(25(30)27(26(22)31)12-13-32-3)20-14-16(2)18-6-4-5-7-19(18)28(20)23/h4-11,14,20-23H,12-13H2,1-3H3/t20-,21+,22+,23+/m1/s1. The topological polar surface area (TPSA) is 66.9 Å². The third-order valence-electron chi connectivity index (χ3n) is 6.97. The van der Waals surface area contributed by atoms with Crippen molar-refractivity contribution in [3.05, 3.63) is 71.3 Å². The van der Waals surface area contributed by atoms with Crippen LogP contribution in [0.5, 0.6) is 0 Å². The predicted octanol–water partition coefficient (Wildman–Crippen LogP) is 3.10. The highest BCUT2D eigenvalue weighted by molar-refractivity contribution is 6.14. The minimum absolute atomic E-state index is 0.125. The van der Waals surface area contributed by atoms with E-state index in [0.717, 1.165) is 22.4 Å². The van der Waals surface area contributed by atoms with Gasteiger partial charge in [0.1, 0.15) is 6.04 Å². The number of fused-ring (bicyclic) bond motifs is 5. The first kappa shape index (κ1) is 20.6. The number of hydrogen-bond acceptors (Lipinski definition) is 5. The van der Waals surface area contributed by atoms with Gasteiger partial charge in [0.25, 0.3) is 0 Å². The van der Waals surface area contributed by atoms with Gasteiger partial charge < -0.3 is 9.64 Å². The van der Waals surface area contributed by atoms with Crippen LogP contribution in [0.4, 0.5) is 5.69 Å². The number of likely N-dealkylation sites (tertiary alicyclic amines) is 1. The molecule has 2 aromatic carbocycles. The van der Waals surface area contributed by atoms with Gasteiger partial charge in [-0.3, -0.25) is 19.3 Å². The van der Waals surface area contributed by atoms with Crippen LogP contribution in [0.25, 0.3) is 5.57 Å². The van der Waals surface area contributed by atoms with Crippen LogP contribution in [0.3, 0.4) is 0 Å². The molecule has 0 spiro atoms. The van der Waals surface area contributed by atoms with Gasteiger partial charge >= 0.3 is 0 Å². The lowest BCUT2D eigenvalue weighted by Gasteiger charge is -2.38. The first-order chi connectivity index (χ1) is 15.4. The Morgan fingerprint density at radius 1 is 0.969 bits per heavy atom. The fourth-order valence-electron chi connectivity index (χ4n) is 5.45. The molecule has 3 aliphatic rings. The molecule has 0 N–H and O–H groups in total. The second-order valence-electron chi connectivity index (χ2n) is 8.81. The Hall–Kier alpha value is -3.25. The van der Waals surface area contributed by atoms with E-state index in [1.54, 1.807) is 19.2 Å². The Morgan fingerprint density at radius 2 is 1.66 bits per heavy atom. The summed E-state index contributed by atoms with van der Waals surface area (Å²) >= 11 is 0. The van der Waals surface area contributed by atoms with Crippen LogP contribution in [0.15, 0.2) is 54.6 Å². The van der Waals surface area contributed by atoms with Crippen LogP contribution in [-0.4, -0.2) is 54.8 Å². The maximum atomic E-state index is 13.9. The van der Waals surface area contributed by atoms with Gasteiger partial charge in [0.15, 0.2) is 5.78 Å². The van der Waals surface area contributed by atoms with E-state index in [4.69, 9.17) is 4.74 Å². The zero-order chi connectivity index (χ0) is 22.6. The summed E-state index contributed by atoms with van der Waals surface area (Å²) in [5, 5.41) is 0. The maximum Gasteiger partial charge on any atom is 0.235 e. The summed E-state index contributed by atoms with van der Waals surface area (Å²) in [5.74, 6) is -1.91. The van der Waals surface area contributed by atoms with Gasteiger partial charge in [-0.05, 0) is 25.5 Å². The lowest BCUT2D eigenvalue weighted by Crippen LogP contribution is -2.49. The molecule has 2 amide bonds. The quantitative estimate of drug-likeness (QED) is 0.539. The van der Waals surface area contributed by atoms with Crippen LogP contribution in [0.1, 0.15) is 28.4 Å². The number of hydrogen-bond donors (Lipinski definition) is 0. The van der Waals surface area contributed by atoms with Gasteiger partial charge in [0.2, 0.25) is 11.8 Å². The third kappa shape index (κ3) is 2.93. The maximum absolute atomic E-state index is 13.9. The number of Topliss-reactive ketones (excluding diaryl/α,β-unsaturated/α-hetero) is 1. The number of rotatable bonds is 5. The number of ketones is 1. The molecular formula is C26H26N2O4. The van der Waals surface area contributed by atoms with Crippen LogP contribution in [0.2, 0.25) is 0 Å². The molecule has 2 aromatic rings. The van der Waals surface area contributed by atoms with Crippen LogP contribution >= 0.6 is 0 Å². The van der Waals surface area contributed by atoms with Crippen LogP contribution in [-0.2, 0) is 14.3 Å². The van der Waals surface area contributed by atoms with Crippen molar-refractivity contribution in [2.24, 2.45) is 11.8 Å². The fourth-order valence-corrected chi connectivity index (χ4v) is 5.45. The Labute approximate surface area is 187 Å². The number of para-hydroxylation sites is 1. The van der Waals surface area contributed by atoms with E-state index in [2.05, 4.69) is 0 Å². The first-order valence-electron chi connectivity index (χ1n) is 10.9. The Morgan fingerprint density at radius 3 is 2.38 bits per heavy atom. The molecular weight excluding hydrogens is 404 g/mol. The number of anilines is 1. The van der Waals surface area contributed by atoms with Crippen molar-refractivity contribution in [1.82, 2.24) is 4.90 Å². The SMILES string of the molecule is COCCN1C(=O)[C@@H]2[C@H](C1=O)[C@@H](C(=O)c1ccc(C)cc1)N1c3ccccc3C(C)=C[C@H]21. The minimum atomic E-state index is -0.734. The molecule has 0 radical (unpaired) electrons. The molecule has 0 aromatic heterocycles. The third-order valence-corrected chi connectivity index (χ3v) is 6.97.